The Kier molecular flexibility index (Phi) is 6.10. The fourth-order valence-corrected chi connectivity index (χ4v) is 6.45. The molecule has 0 radical (unpaired) electrons. The van der Waals surface area contributed by atoms with Gasteiger partial charge in [-0.15, -0.1) is 0 Å². The van der Waals surface area contributed by atoms with Crippen molar-refractivity contribution in [3.63, 3.8) is 0 Å². The van der Waals surface area contributed by atoms with Crippen LogP contribution < -0.4 is 4.31 Å². The Hall–Kier alpha value is -4.19. The van der Waals surface area contributed by atoms with E-state index in [1.54, 1.807) is 48.5 Å². The number of aromatic nitrogens is 3. The smallest absolute Gasteiger partial charge is 0.269 e. The maximum Gasteiger partial charge on any atom is 0.269 e. The van der Waals surface area contributed by atoms with Gasteiger partial charge in [0.2, 0.25) is 0 Å². The van der Waals surface area contributed by atoms with Crippen LogP contribution in [-0.2, 0) is 10.0 Å². The van der Waals surface area contributed by atoms with Crippen molar-refractivity contribution in [3.8, 4) is 11.8 Å². The van der Waals surface area contributed by atoms with E-state index in [1.807, 2.05) is 30.5 Å². The predicted octanol–water partition coefficient (Wildman–Crippen LogP) is 5.68. The summed E-state index contributed by atoms with van der Waals surface area (Å²) < 4.78 is 29.5. The normalized spacial score (nSPS) is 15.2. The highest BCUT2D eigenvalue weighted by Gasteiger charge is 2.30. The second kappa shape index (κ2) is 9.60. The van der Waals surface area contributed by atoms with Crippen LogP contribution in [0.1, 0.15) is 37.7 Å². The molecule has 38 heavy (non-hydrogen) atoms. The Balaban J connectivity index is 1.53. The molecule has 3 aromatic carbocycles. The van der Waals surface area contributed by atoms with Gasteiger partial charge < -0.3 is 10.1 Å². The maximum atomic E-state index is 14.1. The van der Waals surface area contributed by atoms with E-state index < -0.39 is 15.6 Å². The zero-order valence-corrected chi connectivity index (χ0v) is 21.4. The number of hydrogen-bond acceptors (Lipinski definition) is 5. The van der Waals surface area contributed by atoms with Crippen LogP contribution >= 0.6 is 0 Å². The van der Waals surface area contributed by atoms with Crippen molar-refractivity contribution in [1.29, 1.82) is 0 Å². The molecule has 0 spiro atoms. The van der Waals surface area contributed by atoms with Crippen LogP contribution in [0.15, 0.2) is 90.2 Å². The molecule has 2 aromatic heterocycles. The number of aromatic amines is 1. The molecule has 7 nitrogen and oxygen atoms in total. The Bertz CT molecular complexity index is 1800. The SMILES string of the molecule is O=S(=O)(c1ccccc1)N(c1ccc2[nH]ccc2c1)c1ncnc2ccc(C#CC3(O)CCCCC3)cc12. The van der Waals surface area contributed by atoms with E-state index in [-0.39, 0.29) is 10.7 Å². The summed E-state index contributed by atoms with van der Waals surface area (Å²) >= 11 is 0. The van der Waals surface area contributed by atoms with E-state index in [2.05, 4.69) is 26.8 Å². The van der Waals surface area contributed by atoms with E-state index in [0.29, 0.717) is 35.0 Å². The zero-order chi connectivity index (χ0) is 26.2. The summed E-state index contributed by atoms with van der Waals surface area (Å²) in [7, 11) is -4.05. The second-order valence-electron chi connectivity index (χ2n) is 9.60. The average Bonchev–Trinajstić information content (AvgIpc) is 3.41. The van der Waals surface area contributed by atoms with Gasteiger partial charge in [0.1, 0.15) is 11.9 Å². The molecule has 8 heteroatoms. The van der Waals surface area contributed by atoms with Gasteiger partial charge in [0.25, 0.3) is 10.0 Å². The fraction of sp³-hybridized carbons (Fsp3) is 0.200. The predicted molar refractivity (Wildman–Crippen MR) is 149 cm³/mol. The molecule has 2 heterocycles. The largest absolute Gasteiger partial charge is 0.378 e. The summed E-state index contributed by atoms with van der Waals surface area (Å²) in [6.45, 7) is 0. The van der Waals surface area contributed by atoms with Gasteiger partial charge in [-0.05, 0) is 80.3 Å². The van der Waals surface area contributed by atoms with Crippen LogP contribution in [-0.4, -0.2) is 34.1 Å². The average molecular weight is 523 g/mol. The minimum absolute atomic E-state index is 0.149. The summed E-state index contributed by atoms with van der Waals surface area (Å²) in [5, 5.41) is 12.3. The number of H-pyrrole nitrogens is 1. The van der Waals surface area contributed by atoms with E-state index in [9.17, 15) is 13.5 Å². The third kappa shape index (κ3) is 4.51. The summed E-state index contributed by atoms with van der Waals surface area (Å²) in [4.78, 5) is 12.2. The van der Waals surface area contributed by atoms with Gasteiger partial charge in [-0.1, -0.05) is 36.5 Å². The first-order valence-corrected chi connectivity index (χ1v) is 14.0. The number of nitrogens with one attached hydrogen (secondary N) is 1. The Labute approximate surface area is 221 Å². The molecule has 1 aliphatic rings. The molecule has 5 aromatic rings. The molecule has 0 unspecified atom stereocenters. The Morgan fingerprint density at radius 1 is 0.921 bits per heavy atom. The Morgan fingerprint density at radius 2 is 1.74 bits per heavy atom. The number of anilines is 2. The van der Waals surface area contributed by atoms with Gasteiger partial charge >= 0.3 is 0 Å². The summed E-state index contributed by atoms with van der Waals surface area (Å²) in [5.74, 6) is 6.41. The van der Waals surface area contributed by atoms with Crippen molar-refractivity contribution >= 4 is 43.3 Å². The van der Waals surface area contributed by atoms with Crippen molar-refractivity contribution < 1.29 is 13.5 Å². The number of nitrogens with zero attached hydrogens (tertiary/aromatic N) is 3. The van der Waals surface area contributed by atoms with Crippen LogP contribution in [0, 0.1) is 11.8 Å². The van der Waals surface area contributed by atoms with Crippen LogP contribution in [0.2, 0.25) is 0 Å². The quantitative estimate of drug-likeness (QED) is 0.296. The van der Waals surface area contributed by atoms with Crippen LogP contribution in [0.25, 0.3) is 21.8 Å². The molecule has 1 fully saturated rings. The number of rotatable bonds is 4. The number of fused-ring (bicyclic) bond motifs is 2. The molecule has 0 atom stereocenters. The van der Waals surface area contributed by atoms with Crippen LogP contribution in [0.3, 0.4) is 0 Å². The Morgan fingerprint density at radius 3 is 2.55 bits per heavy atom. The minimum Gasteiger partial charge on any atom is -0.378 e. The van der Waals surface area contributed by atoms with Crippen molar-refractivity contribution in [1.82, 2.24) is 15.0 Å². The lowest BCUT2D eigenvalue weighted by Gasteiger charge is -2.26. The number of benzene rings is 3. The van der Waals surface area contributed by atoms with Gasteiger partial charge in [0.15, 0.2) is 5.82 Å². The lowest BCUT2D eigenvalue weighted by atomic mass is 9.85. The highest BCUT2D eigenvalue weighted by atomic mass is 32.2. The fourth-order valence-electron chi connectivity index (χ4n) is 4.97. The van der Waals surface area contributed by atoms with Crippen molar-refractivity contribution in [2.24, 2.45) is 0 Å². The van der Waals surface area contributed by atoms with Gasteiger partial charge in [-0.25, -0.2) is 22.7 Å². The number of sulfonamides is 1. The van der Waals surface area contributed by atoms with E-state index in [1.165, 1.54) is 10.6 Å². The van der Waals surface area contributed by atoms with Gasteiger partial charge in [-0.3, -0.25) is 0 Å². The van der Waals surface area contributed by atoms with E-state index in [0.717, 1.165) is 30.2 Å². The highest BCUT2D eigenvalue weighted by Crippen LogP contribution is 2.36. The zero-order valence-electron chi connectivity index (χ0n) is 20.6. The molecule has 1 aliphatic carbocycles. The van der Waals surface area contributed by atoms with Crippen LogP contribution in [0.5, 0.6) is 0 Å². The molecule has 0 amide bonds. The van der Waals surface area contributed by atoms with Gasteiger partial charge in [0, 0.05) is 28.0 Å². The number of hydrogen-bond donors (Lipinski definition) is 2. The molecule has 0 saturated heterocycles. The molecule has 0 aliphatic heterocycles. The third-order valence-electron chi connectivity index (χ3n) is 6.98. The first-order valence-electron chi connectivity index (χ1n) is 12.6. The van der Waals surface area contributed by atoms with Crippen molar-refractivity contribution in [3.05, 3.63) is 90.9 Å². The van der Waals surface area contributed by atoms with E-state index in [4.69, 9.17) is 0 Å². The lowest BCUT2D eigenvalue weighted by molar-refractivity contribution is 0.0610. The monoisotopic (exact) mass is 522 g/mol. The molecule has 2 N–H and O–H groups in total. The molecular weight excluding hydrogens is 496 g/mol. The van der Waals surface area contributed by atoms with Crippen LogP contribution in [0.4, 0.5) is 11.5 Å². The third-order valence-corrected chi connectivity index (χ3v) is 8.71. The minimum atomic E-state index is -4.05. The van der Waals surface area contributed by atoms with Crippen molar-refractivity contribution in [2.75, 3.05) is 4.31 Å². The highest BCUT2D eigenvalue weighted by molar-refractivity contribution is 7.93. The van der Waals surface area contributed by atoms with Gasteiger partial charge in [0.05, 0.1) is 16.1 Å². The maximum absolute atomic E-state index is 14.1. The molecule has 0 bridgehead atoms. The molecule has 1 saturated carbocycles. The van der Waals surface area contributed by atoms with E-state index >= 15 is 0 Å². The summed E-state index contributed by atoms with van der Waals surface area (Å²) in [6.07, 6.45) is 7.53. The second-order valence-corrected chi connectivity index (χ2v) is 11.4. The number of aliphatic hydroxyl groups is 1. The molecule has 6 rings (SSSR count). The summed E-state index contributed by atoms with van der Waals surface area (Å²) in [5.41, 5.74) is 1.61. The topological polar surface area (TPSA) is 99.2 Å². The molecule has 190 valence electrons. The standard InChI is InChI=1S/C30H26N4O3S/c35-30(15-5-2-6-16-30)17-13-22-9-11-28-26(19-22)29(33-21-32-28)34(38(36,37)25-7-3-1-4-8-25)24-10-12-27-23(20-24)14-18-31-27/h1,3-4,7-12,14,18-21,31,35H,2,5-6,15-16H2. The van der Waals surface area contributed by atoms with Crippen molar-refractivity contribution in [2.45, 2.75) is 42.6 Å². The lowest BCUT2D eigenvalue weighted by Crippen LogP contribution is -2.29. The first kappa shape index (κ1) is 24.2. The summed E-state index contributed by atoms with van der Waals surface area (Å²) in [6, 6.07) is 21.1. The molecular formula is C30H26N4O3S. The first-order chi connectivity index (χ1) is 18.4. The van der Waals surface area contributed by atoms with Gasteiger partial charge in [-0.2, -0.15) is 0 Å².